The number of rotatable bonds is 4. The van der Waals surface area contributed by atoms with Crippen molar-refractivity contribution in [1.82, 2.24) is 15.1 Å². The van der Waals surface area contributed by atoms with E-state index in [-0.39, 0.29) is 0 Å². The van der Waals surface area contributed by atoms with Gasteiger partial charge in [0, 0.05) is 30.4 Å². The highest BCUT2D eigenvalue weighted by atomic mass is 16.4. The lowest BCUT2D eigenvalue weighted by atomic mass is 10.0. The zero-order chi connectivity index (χ0) is 13.8. The molecule has 2 heterocycles. The average Bonchev–Trinajstić information content (AvgIpc) is 3.03. The van der Waals surface area contributed by atoms with E-state index in [0.29, 0.717) is 11.9 Å². The van der Waals surface area contributed by atoms with Crippen molar-refractivity contribution in [2.45, 2.75) is 25.8 Å². The Labute approximate surface area is 119 Å². The molecule has 2 aromatic rings. The summed E-state index contributed by atoms with van der Waals surface area (Å²) in [4.78, 5) is 2.50. The fourth-order valence-corrected chi connectivity index (χ4v) is 2.64. The summed E-state index contributed by atoms with van der Waals surface area (Å²) in [6, 6.07) is 8.75. The Balaban J connectivity index is 1.59. The van der Waals surface area contributed by atoms with Crippen LogP contribution in [0.25, 0.3) is 11.5 Å². The Morgan fingerprint density at radius 1 is 1.25 bits per heavy atom. The predicted molar refractivity (Wildman–Crippen MR) is 78.5 cm³/mol. The average molecular weight is 272 g/mol. The monoisotopic (exact) mass is 272 g/mol. The molecule has 0 atom stereocenters. The van der Waals surface area contributed by atoms with Crippen LogP contribution in [0.3, 0.4) is 0 Å². The van der Waals surface area contributed by atoms with Gasteiger partial charge < -0.3 is 14.6 Å². The van der Waals surface area contributed by atoms with Gasteiger partial charge in [-0.25, -0.2) is 0 Å². The van der Waals surface area contributed by atoms with E-state index in [1.165, 1.54) is 32.3 Å². The largest absolute Gasteiger partial charge is 0.423 e. The van der Waals surface area contributed by atoms with Crippen molar-refractivity contribution in [3.8, 4) is 11.5 Å². The standard InChI is InChI=1S/C15H20N4O/c1-2-19-9-7-14(8-10-19)17-13-5-3-12(4-6-13)15-18-16-11-20-15/h3-6,11,14,17H,2,7-10H2,1H3. The van der Waals surface area contributed by atoms with Crippen LogP contribution in [0.4, 0.5) is 5.69 Å². The van der Waals surface area contributed by atoms with E-state index in [4.69, 9.17) is 4.42 Å². The third kappa shape index (κ3) is 2.99. The minimum atomic E-state index is 0.563. The molecule has 1 aliphatic rings. The first-order chi connectivity index (χ1) is 9.85. The van der Waals surface area contributed by atoms with E-state index >= 15 is 0 Å². The van der Waals surface area contributed by atoms with Crippen LogP contribution in [0.1, 0.15) is 19.8 Å². The zero-order valence-corrected chi connectivity index (χ0v) is 11.7. The van der Waals surface area contributed by atoms with Crippen molar-refractivity contribution in [1.29, 1.82) is 0 Å². The molecule has 3 rings (SSSR count). The van der Waals surface area contributed by atoms with Crippen LogP contribution in [-0.2, 0) is 0 Å². The van der Waals surface area contributed by atoms with Gasteiger partial charge in [-0.2, -0.15) is 0 Å². The fourth-order valence-electron chi connectivity index (χ4n) is 2.64. The number of benzene rings is 1. The van der Waals surface area contributed by atoms with E-state index in [0.717, 1.165) is 17.8 Å². The topological polar surface area (TPSA) is 54.2 Å². The minimum absolute atomic E-state index is 0.563. The van der Waals surface area contributed by atoms with Crippen LogP contribution < -0.4 is 5.32 Å². The minimum Gasteiger partial charge on any atom is -0.423 e. The summed E-state index contributed by atoms with van der Waals surface area (Å²) in [5, 5.41) is 11.2. The van der Waals surface area contributed by atoms with Crippen LogP contribution >= 0.6 is 0 Å². The number of anilines is 1. The highest BCUT2D eigenvalue weighted by molar-refractivity contribution is 5.58. The lowest BCUT2D eigenvalue weighted by Crippen LogP contribution is -2.38. The molecule has 0 saturated carbocycles. The van der Waals surface area contributed by atoms with Gasteiger partial charge in [0.05, 0.1) is 0 Å². The van der Waals surface area contributed by atoms with E-state index < -0.39 is 0 Å². The summed E-state index contributed by atoms with van der Waals surface area (Å²) in [6.07, 6.45) is 3.77. The van der Waals surface area contributed by atoms with Crippen molar-refractivity contribution in [2.24, 2.45) is 0 Å². The molecule has 1 aromatic heterocycles. The summed E-state index contributed by atoms with van der Waals surface area (Å²) in [7, 11) is 0. The number of likely N-dealkylation sites (tertiary alicyclic amines) is 1. The van der Waals surface area contributed by atoms with Crippen LogP contribution in [0, 0.1) is 0 Å². The molecule has 1 aliphatic heterocycles. The molecule has 0 aliphatic carbocycles. The molecule has 0 amide bonds. The van der Waals surface area contributed by atoms with E-state index in [2.05, 4.69) is 39.5 Å². The fraction of sp³-hybridized carbons (Fsp3) is 0.467. The Bertz CT molecular complexity index is 515. The molecule has 20 heavy (non-hydrogen) atoms. The van der Waals surface area contributed by atoms with Gasteiger partial charge in [-0.15, -0.1) is 10.2 Å². The summed E-state index contributed by atoms with van der Waals surface area (Å²) < 4.78 is 5.19. The van der Waals surface area contributed by atoms with Crippen LogP contribution in [-0.4, -0.2) is 40.8 Å². The molecule has 0 radical (unpaired) electrons. The van der Waals surface area contributed by atoms with E-state index in [9.17, 15) is 0 Å². The first-order valence-electron chi connectivity index (χ1n) is 7.20. The number of aromatic nitrogens is 2. The first kappa shape index (κ1) is 13.1. The molecule has 1 saturated heterocycles. The molecule has 0 unspecified atom stereocenters. The lowest BCUT2D eigenvalue weighted by molar-refractivity contribution is 0.229. The van der Waals surface area contributed by atoms with Gasteiger partial charge in [0.1, 0.15) is 0 Å². The summed E-state index contributed by atoms with van der Waals surface area (Å²) in [5.41, 5.74) is 2.11. The second-order valence-corrected chi connectivity index (χ2v) is 5.17. The third-order valence-corrected chi connectivity index (χ3v) is 3.90. The lowest BCUT2D eigenvalue weighted by Gasteiger charge is -2.32. The summed E-state index contributed by atoms with van der Waals surface area (Å²) in [5.74, 6) is 0.563. The summed E-state index contributed by atoms with van der Waals surface area (Å²) in [6.45, 7) is 5.76. The Morgan fingerprint density at radius 3 is 2.60 bits per heavy atom. The SMILES string of the molecule is CCN1CCC(Nc2ccc(-c3nnco3)cc2)CC1. The van der Waals surface area contributed by atoms with Crippen molar-refractivity contribution in [2.75, 3.05) is 25.0 Å². The highest BCUT2D eigenvalue weighted by Crippen LogP contribution is 2.21. The summed E-state index contributed by atoms with van der Waals surface area (Å²) >= 11 is 0. The molecule has 0 spiro atoms. The smallest absolute Gasteiger partial charge is 0.247 e. The van der Waals surface area contributed by atoms with Gasteiger partial charge >= 0.3 is 0 Å². The van der Waals surface area contributed by atoms with Gasteiger partial charge in [0.2, 0.25) is 12.3 Å². The van der Waals surface area contributed by atoms with Crippen molar-refractivity contribution in [3.63, 3.8) is 0 Å². The maximum Gasteiger partial charge on any atom is 0.247 e. The molecule has 1 fully saturated rings. The highest BCUT2D eigenvalue weighted by Gasteiger charge is 2.17. The quantitative estimate of drug-likeness (QED) is 0.927. The molecule has 106 valence electrons. The molecule has 5 heteroatoms. The van der Waals surface area contributed by atoms with Crippen molar-refractivity contribution in [3.05, 3.63) is 30.7 Å². The molecule has 0 bridgehead atoms. The van der Waals surface area contributed by atoms with Gasteiger partial charge in [-0.05, 0) is 43.7 Å². The van der Waals surface area contributed by atoms with E-state index in [1.807, 2.05) is 12.1 Å². The number of hydrogen-bond donors (Lipinski definition) is 1. The number of nitrogens with zero attached hydrogens (tertiary/aromatic N) is 3. The van der Waals surface area contributed by atoms with Crippen LogP contribution in [0.2, 0.25) is 0 Å². The van der Waals surface area contributed by atoms with Gasteiger partial charge in [-0.1, -0.05) is 6.92 Å². The number of piperidine rings is 1. The molecular formula is C15H20N4O. The van der Waals surface area contributed by atoms with E-state index in [1.54, 1.807) is 0 Å². The Kier molecular flexibility index (Phi) is 3.97. The van der Waals surface area contributed by atoms with Crippen LogP contribution in [0.15, 0.2) is 35.1 Å². The number of hydrogen-bond acceptors (Lipinski definition) is 5. The van der Waals surface area contributed by atoms with Crippen molar-refractivity contribution < 1.29 is 4.42 Å². The second kappa shape index (κ2) is 6.05. The van der Waals surface area contributed by atoms with Crippen LogP contribution in [0.5, 0.6) is 0 Å². The third-order valence-electron chi connectivity index (χ3n) is 3.90. The van der Waals surface area contributed by atoms with Gasteiger partial charge in [0.15, 0.2) is 0 Å². The molecule has 5 nitrogen and oxygen atoms in total. The first-order valence-corrected chi connectivity index (χ1v) is 7.20. The molecule has 1 aromatic carbocycles. The normalized spacial score (nSPS) is 17.2. The van der Waals surface area contributed by atoms with Gasteiger partial charge in [0.25, 0.3) is 0 Å². The maximum absolute atomic E-state index is 5.19. The zero-order valence-electron chi connectivity index (χ0n) is 11.7. The predicted octanol–water partition coefficient (Wildman–Crippen LogP) is 2.63. The molecular weight excluding hydrogens is 252 g/mol. The van der Waals surface area contributed by atoms with Crippen molar-refractivity contribution >= 4 is 5.69 Å². The molecule has 1 N–H and O–H groups in total. The second-order valence-electron chi connectivity index (χ2n) is 5.17. The Morgan fingerprint density at radius 2 is 2.00 bits per heavy atom. The number of nitrogens with one attached hydrogen (secondary N) is 1. The maximum atomic E-state index is 5.19. The van der Waals surface area contributed by atoms with Gasteiger partial charge in [-0.3, -0.25) is 0 Å². The Hall–Kier alpha value is -1.88.